The van der Waals surface area contributed by atoms with Crippen molar-refractivity contribution in [3.63, 3.8) is 0 Å². The monoisotopic (exact) mass is 196 g/mol. The number of hydrogen-bond acceptors (Lipinski definition) is 3. The molecule has 4 nitrogen and oxygen atoms in total. The van der Waals surface area contributed by atoms with Crippen molar-refractivity contribution in [2.45, 2.75) is 0 Å². The van der Waals surface area contributed by atoms with E-state index in [1.807, 2.05) is 36.5 Å². The van der Waals surface area contributed by atoms with Gasteiger partial charge < -0.3 is 0 Å². The van der Waals surface area contributed by atoms with Gasteiger partial charge in [0, 0.05) is 24.2 Å². The fraction of sp³-hybridized carbons (Fsp3) is 0. The van der Waals surface area contributed by atoms with E-state index >= 15 is 0 Å². The van der Waals surface area contributed by atoms with Gasteiger partial charge in [-0.3, -0.25) is 4.98 Å². The molecule has 0 unspecified atom stereocenters. The molecule has 3 heterocycles. The van der Waals surface area contributed by atoms with E-state index in [1.165, 1.54) is 0 Å². The molecule has 0 atom stereocenters. The molecule has 0 bridgehead atoms. The van der Waals surface area contributed by atoms with Crippen molar-refractivity contribution in [2.75, 3.05) is 0 Å². The first kappa shape index (κ1) is 8.11. The fourth-order valence-electron chi connectivity index (χ4n) is 1.45. The van der Waals surface area contributed by atoms with Gasteiger partial charge in [-0.25, -0.2) is 9.50 Å². The summed E-state index contributed by atoms with van der Waals surface area (Å²) >= 11 is 0. The summed E-state index contributed by atoms with van der Waals surface area (Å²) in [6, 6.07) is 9.61. The lowest BCUT2D eigenvalue weighted by atomic mass is 10.3. The number of fused-ring (bicyclic) bond motifs is 1. The lowest BCUT2D eigenvalue weighted by molar-refractivity contribution is 0.965. The van der Waals surface area contributed by atoms with E-state index in [0.717, 1.165) is 11.2 Å². The van der Waals surface area contributed by atoms with E-state index in [9.17, 15) is 0 Å². The van der Waals surface area contributed by atoms with Crippen LogP contribution in [0.2, 0.25) is 0 Å². The molecule has 0 aliphatic carbocycles. The number of hydrogen-bond donors (Lipinski definition) is 0. The van der Waals surface area contributed by atoms with E-state index in [2.05, 4.69) is 15.1 Å². The molecule has 3 rings (SSSR count). The molecule has 3 aromatic rings. The quantitative estimate of drug-likeness (QED) is 0.596. The summed E-state index contributed by atoms with van der Waals surface area (Å²) in [4.78, 5) is 8.44. The molecule has 0 N–H and O–H groups in total. The van der Waals surface area contributed by atoms with Gasteiger partial charge in [-0.05, 0) is 24.3 Å². The van der Waals surface area contributed by atoms with Gasteiger partial charge in [0.1, 0.15) is 0 Å². The molecule has 0 saturated carbocycles. The van der Waals surface area contributed by atoms with Crippen LogP contribution >= 0.6 is 0 Å². The average molecular weight is 196 g/mol. The summed E-state index contributed by atoms with van der Waals surface area (Å²) in [5, 5.41) is 4.35. The Hall–Kier alpha value is -2.23. The predicted octanol–water partition coefficient (Wildman–Crippen LogP) is 1.79. The molecule has 0 amide bonds. The minimum Gasteiger partial charge on any atom is -0.264 e. The van der Waals surface area contributed by atoms with E-state index in [1.54, 1.807) is 16.9 Å². The molecular weight excluding hydrogens is 188 g/mol. The zero-order valence-corrected chi connectivity index (χ0v) is 7.91. The van der Waals surface area contributed by atoms with Crippen LogP contribution in [-0.4, -0.2) is 19.6 Å². The van der Waals surface area contributed by atoms with E-state index < -0.39 is 0 Å². The molecule has 72 valence electrons. The number of rotatable bonds is 1. The fourth-order valence-corrected chi connectivity index (χ4v) is 1.45. The molecule has 0 radical (unpaired) electrons. The van der Waals surface area contributed by atoms with Gasteiger partial charge in [0.25, 0.3) is 0 Å². The van der Waals surface area contributed by atoms with Gasteiger partial charge >= 0.3 is 0 Å². The number of pyridine rings is 2. The maximum Gasteiger partial charge on any atom is 0.183 e. The topological polar surface area (TPSA) is 43.1 Å². The predicted molar refractivity (Wildman–Crippen MR) is 56.2 cm³/mol. The van der Waals surface area contributed by atoms with Gasteiger partial charge in [0.2, 0.25) is 0 Å². The first-order valence-electron chi connectivity index (χ1n) is 4.65. The van der Waals surface area contributed by atoms with Crippen molar-refractivity contribution in [2.24, 2.45) is 0 Å². The molecular formula is C11H8N4. The summed E-state index contributed by atoms with van der Waals surface area (Å²) in [6.45, 7) is 0. The summed E-state index contributed by atoms with van der Waals surface area (Å²) in [5.41, 5.74) is 1.78. The molecule has 0 aliphatic rings. The van der Waals surface area contributed by atoms with Crippen molar-refractivity contribution in [3.05, 3.63) is 48.9 Å². The molecule has 15 heavy (non-hydrogen) atoms. The lowest BCUT2D eigenvalue weighted by Gasteiger charge is -1.90. The first-order chi connectivity index (χ1) is 7.43. The Labute approximate surface area is 86.2 Å². The van der Waals surface area contributed by atoms with Crippen LogP contribution in [0.4, 0.5) is 0 Å². The van der Waals surface area contributed by atoms with E-state index in [-0.39, 0.29) is 0 Å². The second-order valence-corrected chi connectivity index (χ2v) is 3.18. The van der Waals surface area contributed by atoms with Crippen molar-refractivity contribution < 1.29 is 0 Å². The summed E-state index contributed by atoms with van der Waals surface area (Å²) in [5.74, 6) is 0.703. The van der Waals surface area contributed by atoms with Gasteiger partial charge in [-0.1, -0.05) is 6.07 Å². The molecule has 3 aromatic heterocycles. The zero-order valence-electron chi connectivity index (χ0n) is 7.91. The van der Waals surface area contributed by atoms with Crippen LogP contribution in [-0.2, 0) is 0 Å². The highest BCUT2D eigenvalue weighted by molar-refractivity contribution is 5.56. The first-order valence-corrected chi connectivity index (χ1v) is 4.65. The van der Waals surface area contributed by atoms with Crippen LogP contribution in [0.25, 0.3) is 17.0 Å². The van der Waals surface area contributed by atoms with Crippen LogP contribution in [0.5, 0.6) is 0 Å². The SMILES string of the molecule is c1cncc(-c2nc3ccccn3n2)c1. The van der Waals surface area contributed by atoms with Crippen LogP contribution in [0.15, 0.2) is 48.9 Å². The second-order valence-electron chi connectivity index (χ2n) is 3.18. The van der Waals surface area contributed by atoms with Gasteiger partial charge in [0.05, 0.1) is 0 Å². The minimum atomic E-state index is 0.703. The van der Waals surface area contributed by atoms with Crippen LogP contribution in [0.3, 0.4) is 0 Å². The Morgan fingerprint density at radius 1 is 1.07 bits per heavy atom. The molecule has 0 aliphatic heterocycles. The lowest BCUT2D eigenvalue weighted by Crippen LogP contribution is -1.85. The summed E-state index contributed by atoms with van der Waals surface area (Å²) < 4.78 is 1.75. The highest BCUT2D eigenvalue weighted by atomic mass is 15.3. The normalized spacial score (nSPS) is 10.7. The Morgan fingerprint density at radius 2 is 2.07 bits per heavy atom. The van der Waals surface area contributed by atoms with Crippen LogP contribution in [0.1, 0.15) is 0 Å². The highest BCUT2D eigenvalue weighted by Crippen LogP contribution is 2.13. The average Bonchev–Trinajstić information content (AvgIpc) is 2.74. The van der Waals surface area contributed by atoms with Crippen LogP contribution in [0, 0.1) is 0 Å². The maximum absolute atomic E-state index is 4.39. The van der Waals surface area contributed by atoms with E-state index in [4.69, 9.17) is 0 Å². The third kappa shape index (κ3) is 1.36. The Balaban J connectivity index is 2.21. The zero-order chi connectivity index (χ0) is 10.1. The summed E-state index contributed by atoms with van der Waals surface area (Å²) in [7, 11) is 0. The Kier molecular flexibility index (Phi) is 1.71. The Bertz CT molecular complexity index is 553. The van der Waals surface area contributed by atoms with Crippen molar-refractivity contribution in [1.82, 2.24) is 19.6 Å². The van der Waals surface area contributed by atoms with Crippen LogP contribution < -0.4 is 0 Å². The standard InChI is InChI=1S/C11H8N4/c1-2-7-15-10(5-1)13-11(14-15)9-4-3-6-12-8-9/h1-8H. The minimum absolute atomic E-state index is 0.703. The molecule has 0 aromatic carbocycles. The number of nitrogens with zero attached hydrogens (tertiary/aromatic N) is 4. The molecule has 0 fully saturated rings. The van der Waals surface area contributed by atoms with Crippen molar-refractivity contribution >= 4 is 5.65 Å². The smallest absolute Gasteiger partial charge is 0.183 e. The van der Waals surface area contributed by atoms with Gasteiger partial charge in [-0.2, -0.15) is 0 Å². The third-order valence-electron chi connectivity index (χ3n) is 2.16. The van der Waals surface area contributed by atoms with Crippen molar-refractivity contribution in [3.8, 4) is 11.4 Å². The van der Waals surface area contributed by atoms with E-state index in [0.29, 0.717) is 5.82 Å². The number of aromatic nitrogens is 4. The Morgan fingerprint density at radius 3 is 2.87 bits per heavy atom. The van der Waals surface area contributed by atoms with Gasteiger partial charge in [0.15, 0.2) is 11.5 Å². The molecule has 0 saturated heterocycles. The maximum atomic E-state index is 4.39. The summed E-state index contributed by atoms with van der Waals surface area (Å²) in [6.07, 6.45) is 5.37. The highest BCUT2D eigenvalue weighted by Gasteiger charge is 2.04. The van der Waals surface area contributed by atoms with Gasteiger partial charge in [-0.15, -0.1) is 5.10 Å². The largest absolute Gasteiger partial charge is 0.264 e. The third-order valence-corrected chi connectivity index (χ3v) is 2.16. The molecule has 4 heteroatoms. The molecule has 0 spiro atoms. The second kappa shape index (κ2) is 3.16. The van der Waals surface area contributed by atoms with Crippen molar-refractivity contribution in [1.29, 1.82) is 0 Å².